The van der Waals surface area contributed by atoms with Crippen LogP contribution in [0.2, 0.25) is 5.02 Å². The van der Waals surface area contributed by atoms with Crippen LogP contribution in [0.5, 0.6) is 11.5 Å². The van der Waals surface area contributed by atoms with Gasteiger partial charge >= 0.3 is 0 Å². The standard InChI is InChI=1S/C23H25ClN2O5/c1-25(2)11-6-12-26-20(15-7-4-5-8-18(15)31-3)19(22(29)23(26)30)21(28)16-13-14(24)9-10-17(16)27/h4-5,7-10,13,20,27-28H,6,11-12H2,1-3H3/b21-19+. The second kappa shape index (κ2) is 9.41. The minimum atomic E-state index is -0.864. The topological polar surface area (TPSA) is 90.3 Å². The maximum atomic E-state index is 13.0. The third-order valence-electron chi connectivity index (χ3n) is 5.19. The highest BCUT2D eigenvalue weighted by Crippen LogP contribution is 2.43. The number of hydrogen-bond donors (Lipinski definition) is 2. The summed E-state index contributed by atoms with van der Waals surface area (Å²) in [7, 11) is 5.35. The number of Topliss-reactive ketones (excluding diaryl/α,β-unsaturated/α-hetero) is 1. The van der Waals surface area contributed by atoms with Crippen LogP contribution in [0, 0.1) is 0 Å². The Kier molecular flexibility index (Phi) is 6.87. The Morgan fingerprint density at radius 2 is 1.90 bits per heavy atom. The van der Waals surface area contributed by atoms with Crippen molar-refractivity contribution < 1.29 is 24.5 Å². The second-order valence-electron chi connectivity index (χ2n) is 7.55. The summed E-state index contributed by atoms with van der Waals surface area (Å²) in [5, 5.41) is 21.6. The zero-order valence-corrected chi connectivity index (χ0v) is 18.4. The van der Waals surface area contributed by atoms with Gasteiger partial charge in [0.2, 0.25) is 0 Å². The molecule has 1 unspecified atom stereocenters. The average Bonchev–Trinajstić information content (AvgIpc) is 2.99. The fourth-order valence-electron chi connectivity index (χ4n) is 3.73. The van der Waals surface area contributed by atoms with E-state index in [4.69, 9.17) is 16.3 Å². The van der Waals surface area contributed by atoms with Crippen molar-refractivity contribution in [2.45, 2.75) is 12.5 Å². The fourth-order valence-corrected chi connectivity index (χ4v) is 3.90. The Labute approximate surface area is 186 Å². The number of aromatic hydroxyl groups is 1. The molecule has 0 aliphatic carbocycles. The van der Waals surface area contributed by atoms with Gasteiger partial charge in [-0.3, -0.25) is 9.59 Å². The molecular formula is C23H25ClN2O5. The molecule has 0 spiro atoms. The molecule has 8 heteroatoms. The number of aliphatic hydroxyl groups is 1. The number of benzene rings is 2. The quantitative estimate of drug-likeness (QED) is 0.386. The van der Waals surface area contributed by atoms with Gasteiger partial charge in [0.15, 0.2) is 0 Å². The molecule has 1 atom stereocenters. The van der Waals surface area contributed by atoms with Crippen molar-refractivity contribution in [1.82, 2.24) is 9.80 Å². The van der Waals surface area contributed by atoms with Crippen LogP contribution >= 0.6 is 11.6 Å². The van der Waals surface area contributed by atoms with Crippen LogP contribution in [0.3, 0.4) is 0 Å². The van der Waals surface area contributed by atoms with Crippen LogP contribution in [0.4, 0.5) is 0 Å². The number of phenols is 1. The second-order valence-corrected chi connectivity index (χ2v) is 7.99. The van der Waals surface area contributed by atoms with E-state index in [-0.39, 0.29) is 21.9 Å². The normalized spacial score (nSPS) is 18.1. The molecule has 1 aliphatic rings. The van der Waals surface area contributed by atoms with E-state index < -0.39 is 23.5 Å². The first-order valence-corrected chi connectivity index (χ1v) is 10.2. The molecule has 0 saturated carbocycles. The maximum absolute atomic E-state index is 13.0. The van der Waals surface area contributed by atoms with E-state index >= 15 is 0 Å². The zero-order chi connectivity index (χ0) is 22.7. The SMILES string of the molecule is COc1ccccc1C1/C(=C(\O)c2cc(Cl)ccc2O)C(=O)C(=O)N1CCCN(C)C. The molecule has 0 bridgehead atoms. The summed E-state index contributed by atoms with van der Waals surface area (Å²) in [6.07, 6.45) is 0.633. The smallest absolute Gasteiger partial charge is 0.295 e. The number of halogens is 1. The van der Waals surface area contributed by atoms with Gasteiger partial charge in [0, 0.05) is 17.1 Å². The van der Waals surface area contributed by atoms with Crippen LogP contribution in [-0.2, 0) is 9.59 Å². The van der Waals surface area contributed by atoms with Crippen molar-refractivity contribution in [2.75, 3.05) is 34.3 Å². The first-order valence-electron chi connectivity index (χ1n) is 9.81. The average molecular weight is 445 g/mol. The van der Waals surface area contributed by atoms with Gasteiger partial charge in [-0.05, 0) is 51.3 Å². The lowest BCUT2D eigenvalue weighted by molar-refractivity contribution is -0.140. The molecule has 1 aliphatic heterocycles. The number of hydrogen-bond acceptors (Lipinski definition) is 6. The minimum Gasteiger partial charge on any atom is -0.507 e. The van der Waals surface area contributed by atoms with Crippen molar-refractivity contribution in [3.8, 4) is 11.5 Å². The van der Waals surface area contributed by atoms with E-state index in [1.807, 2.05) is 19.0 Å². The number of likely N-dealkylation sites (tertiary alicyclic amines) is 1. The number of para-hydroxylation sites is 1. The Balaban J connectivity index is 2.19. The third-order valence-corrected chi connectivity index (χ3v) is 5.43. The van der Waals surface area contributed by atoms with Gasteiger partial charge in [-0.25, -0.2) is 0 Å². The Bertz CT molecular complexity index is 1030. The van der Waals surface area contributed by atoms with Crippen molar-refractivity contribution in [1.29, 1.82) is 0 Å². The van der Waals surface area contributed by atoms with Gasteiger partial charge in [0.05, 0.1) is 24.3 Å². The molecule has 1 amide bonds. The number of nitrogens with zero attached hydrogens (tertiary/aromatic N) is 2. The molecule has 2 aromatic carbocycles. The first-order chi connectivity index (χ1) is 14.8. The Morgan fingerprint density at radius 3 is 2.58 bits per heavy atom. The van der Waals surface area contributed by atoms with E-state index in [1.54, 1.807) is 24.3 Å². The summed E-state index contributed by atoms with van der Waals surface area (Å²) in [6.45, 7) is 1.03. The van der Waals surface area contributed by atoms with Crippen molar-refractivity contribution in [2.24, 2.45) is 0 Å². The molecular weight excluding hydrogens is 420 g/mol. The van der Waals surface area contributed by atoms with Gasteiger partial charge in [0.25, 0.3) is 11.7 Å². The zero-order valence-electron chi connectivity index (χ0n) is 17.6. The summed E-state index contributed by atoms with van der Waals surface area (Å²) in [5.74, 6) is -1.78. The monoisotopic (exact) mass is 444 g/mol. The van der Waals surface area contributed by atoms with Crippen molar-refractivity contribution in [3.05, 3.63) is 64.2 Å². The first kappa shape index (κ1) is 22.7. The van der Waals surface area contributed by atoms with E-state index in [0.717, 1.165) is 6.54 Å². The largest absolute Gasteiger partial charge is 0.507 e. The molecule has 2 N–H and O–H groups in total. The molecule has 7 nitrogen and oxygen atoms in total. The summed E-state index contributed by atoms with van der Waals surface area (Å²) >= 11 is 6.03. The van der Waals surface area contributed by atoms with Crippen LogP contribution in [0.1, 0.15) is 23.6 Å². The number of aliphatic hydroxyl groups excluding tert-OH is 1. The van der Waals surface area contributed by atoms with E-state index in [9.17, 15) is 19.8 Å². The molecule has 3 rings (SSSR count). The Morgan fingerprint density at radius 1 is 1.19 bits per heavy atom. The number of carbonyl (C=O) groups is 2. The molecule has 1 heterocycles. The molecule has 31 heavy (non-hydrogen) atoms. The predicted molar refractivity (Wildman–Crippen MR) is 118 cm³/mol. The van der Waals surface area contributed by atoms with E-state index in [0.29, 0.717) is 24.3 Å². The molecule has 1 saturated heterocycles. The van der Waals surface area contributed by atoms with Gasteiger partial charge in [-0.2, -0.15) is 0 Å². The highest BCUT2D eigenvalue weighted by atomic mass is 35.5. The van der Waals surface area contributed by atoms with Crippen LogP contribution in [-0.4, -0.2) is 66.0 Å². The minimum absolute atomic E-state index is 0.0151. The van der Waals surface area contributed by atoms with Crippen molar-refractivity contribution >= 4 is 29.1 Å². The molecule has 2 aromatic rings. The van der Waals surface area contributed by atoms with Gasteiger partial charge in [-0.15, -0.1) is 0 Å². The maximum Gasteiger partial charge on any atom is 0.295 e. The summed E-state index contributed by atoms with van der Waals surface area (Å²) in [5.41, 5.74) is 0.438. The number of amides is 1. The number of phenolic OH excluding ortho intramolecular Hbond substituents is 1. The number of ether oxygens (including phenoxy) is 1. The molecule has 164 valence electrons. The predicted octanol–water partition coefficient (Wildman–Crippen LogP) is 3.43. The van der Waals surface area contributed by atoms with E-state index in [2.05, 4.69) is 0 Å². The summed E-state index contributed by atoms with van der Waals surface area (Å²) in [4.78, 5) is 29.4. The highest BCUT2D eigenvalue weighted by Gasteiger charge is 2.47. The molecule has 0 aromatic heterocycles. The van der Waals surface area contributed by atoms with E-state index in [1.165, 1.54) is 30.2 Å². The van der Waals surface area contributed by atoms with Gasteiger partial charge in [-0.1, -0.05) is 29.8 Å². The van der Waals surface area contributed by atoms with Gasteiger partial charge < -0.3 is 24.7 Å². The van der Waals surface area contributed by atoms with Crippen molar-refractivity contribution in [3.63, 3.8) is 0 Å². The molecule has 1 fully saturated rings. The number of ketones is 1. The highest BCUT2D eigenvalue weighted by molar-refractivity contribution is 6.46. The number of carbonyl (C=O) groups excluding carboxylic acids is 2. The van der Waals surface area contributed by atoms with Crippen LogP contribution in [0.25, 0.3) is 5.76 Å². The third kappa shape index (κ3) is 4.52. The summed E-state index contributed by atoms with van der Waals surface area (Å²) < 4.78 is 5.46. The molecule has 0 radical (unpaired) electrons. The van der Waals surface area contributed by atoms with Crippen LogP contribution < -0.4 is 4.74 Å². The van der Waals surface area contributed by atoms with Crippen LogP contribution in [0.15, 0.2) is 48.0 Å². The lowest BCUT2D eigenvalue weighted by Crippen LogP contribution is -2.32. The Hall–Kier alpha value is -3.03. The summed E-state index contributed by atoms with van der Waals surface area (Å²) in [6, 6.07) is 10.3. The fraction of sp³-hybridized carbons (Fsp3) is 0.304. The van der Waals surface area contributed by atoms with Gasteiger partial charge in [0.1, 0.15) is 17.3 Å². The lowest BCUT2D eigenvalue weighted by Gasteiger charge is -2.27. The number of methoxy groups -OCH3 is 1. The lowest BCUT2D eigenvalue weighted by atomic mass is 9.94. The number of rotatable bonds is 7.